The lowest BCUT2D eigenvalue weighted by Crippen LogP contribution is -2.39. The first kappa shape index (κ1) is 17.9. The number of ether oxygens (including phenoxy) is 2. The zero-order valence-corrected chi connectivity index (χ0v) is 13.1. The van der Waals surface area contributed by atoms with Crippen LogP contribution in [0.2, 0.25) is 0 Å². The van der Waals surface area contributed by atoms with E-state index in [0.717, 1.165) is 12.8 Å². The van der Waals surface area contributed by atoms with Crippen molar-refractivity contribution in [2.75, 3.05) is 13.2 Å². The molecule has 0 aliphatic carbocycles. The highest BCUT2D eigenvalue weighted by Gasteiger charge is 2.36. The van der Waals surface area contributed by atoms with Crippen LogP contribution in [0.4, 0.5) is 0 Å². The highest BCUT2D eigenvalue weighted by Crippen LogP contribution is 2.35. The molecule has 0 fully saturated rings. The maximum Gasteiger partial charge on any atom is 0.302 e. The largest absolute Gasteiger partial charge is 0.465 e. The van der Waals surface area contributed by atoms with Crippen molar-refractivity contribution in [3.63, 3.8) is 0 Å². The van der Waals surface area contributed by atoms with Gasteiger partial charge in [0.1, 0.15) is 13.2 Å². The number of esters is 2. The van der Waals surface area contributed by atoms with Crippen LogP contribution in [-0.4, -0.2) is 25.2 Å². The molecule has 4 heteroatoms. The minimum absolute atomic E-state index is 0.268. The molecule has 0 bridgehead atoms. The van der Waals surface area contributed by atoms with E-state index in [-0.39, 0.29) is 23.3 Å². The zero-order chi connectivity index (χ0) is 15.1. The normalized spacial score (nSPS) is 11.8. The van der Waals surface area contributed by atoms with E-state index < -0.39 is 0 Å². The predicted octanol–water partition coefficient (Wildman–Crippen LogP) is 3.19. The highest BCUT2D eigenvalue weighted by atomic mass is 16.5. The van der Waals surface area contributed by atoms with Gasteiger partial charge in [0.25, 0.3) is 0 Å². The summed E-state index contributed by atoms with van der Waals surface area (Å²) in [6.45, 7) is 11.9. The molecule has 4 nitrogen and oxygen atoms in total. The lowest BCUT2D eigenvalue weighted by Gasteiger charge is -2.36. The lowest BCUT2D eigenvalue weighted by molar-refractivity contribution is -0.154. The molecule has 0 rings (SSSR count). The first-order valence-corrected chi connectivity index (χ1v) is 6.96. The smallest absolute Gasteiger partial charge is 0.302 e. The third-order valence-corrected chi connectivity index (χ3v) is 3.57. The SMILES string of the molecule is CC(=O)OCC(CCC(C)C)(COC(C)=O)C(C)C. The average molecular weight is 272 g/mol. The van der Waals surface area contributed by atoms with E-state index >= 15 is 0 Å². The Morgan fingerprint density at radius 3 is 1.63 bits per heavy atom. The van der Waals surface area contributed by atoms with Gasteiger partial charge in [0.2, 0.25) is 0 Å². The zero-order valence-electron chi connectivity index (χ0n) is 13.1. The molecule has 0 spiro atoms. The Labute approximate surface area is 116 Å². The molecule has 112 valence electrons. The van der Waals surface area contributed by atoms with E-state index in [2.05, 4.69) is 27.7 Å². The second-order valence-electron chi connectivity index (χ2n) is 6.01. The average Bonchev–Trinajstić information content (AvgIpc) is 2.27. The summed E-state index contributed by atoms with van der Waals surface area (Å²) >= 11 is 0. The summed E-state index contributed by atoms with van der Waals surface area (Å²) in [5.41, 5.74) is -0.290. The maximum atomic E-state index is 11.1. The fourth-order valence-electron chi connectivity index (χ4n) is 1.87. The van der Waals surface area contributed by atoms with Crippen LogP contribution < -0.4 is 0 Å². The molecule has 0 amide bonds. The summed E-state index contributed by atoms with van der Waals surface area (Å²) in [6, 6.07) is 0. The second-order valence-corrected chi connectivity index (χ2v) is 6.01. The fraction of sp³-hybridized carbons (Fsp3) is 0.867. The number of hydrogen-bond donors (Lipinski definition) is 0. The molecular weight excluding hydrogens is 244 g/mol. The topological polar surface area (TPSA) is 52.6 Å². The monoisotopic (exact) mass is 272 g/mol. The van der Waals surface area contributed by atoms with Gasteiger partial charge in [0, 0.05) is 19.3 Å². The third kappa shape index (κ3) is 7.19. The molecule has 0 aromatic heterocycles. The Morgan fingerprint density at radius 2 is 1.37 bits per heavy atom. The van der Waals surface area contributed by atoms with Gasteiger partial charge in [-0.05, 0) is 18.3 Å². The van der Waals surface area contributed by atoms with Gasteiger partial charge in [0.05, 0.1) is 0 Å². The summed E-state index contributed by atoms with van der Waals surface area (Å²) in [4.78, 5) is 22.1. The van der Waals surface area contributed by atoms with Gasteiger partial charge in [0.15, 0.2) is 0 Å². The molecule has 0 saturated heterocycles. The Bertz CT molecular complexity index is 277. The molecule has 0 aliphatic rings. The third-order valence-electron chi connectivity index (χ3n) is 3.57. The Kier molecular flexibility index (Phi) is 7.72. The van der Waals surface area contributed by atoms with Crippen LogP contribution in [0.3, 0.4) is 0 Å². The minimum Gasteiger partial charge on any atom is -0.465 e. The maximum absolute atomic E-state index is 11.1. The van der Waals surface area contributed by atoms with Gasteiger partial charge in [-0.3, -0.25) is 9.59 Å². The van der Waals surface area contributed by atoms with Crippen LogP contribution in [0.15, 0.2) is 0 Å². The Balaban J connectivity index is 4.86. The van der Waals surface area contributed by atoms with Gasteiger partial charge < -0.3 is 9.47 Å². The van der Waals surface area contributed by atoms with Crippen LogP contribution in [-0.2, 0) is 19.1 Å². The summed E-state index contributed by atoms with van der Waals surface area (Å²) in [6.07, 6.45) is 1.89. The van der Waals surface area contributed by atoms with E-state index in [1.165, 1.54) is 13.8 Å². The van der Waals surface area contributed by atoms with Crippen molar-refractivity contribution < 1.29 is 19.1 Å². The van der Waals surface area contributed by atoms with Crippen LogP contribution >= 0.6 is 0 Å². The molecule has 0 unspecified atom stereocenters. The molecule has 0 saturated carbocycles. The van der Waals surface area contributed by atoms with E-state index in [1.54, 1.807) is 0 Å². The van der Waals surface area contributed by atoms with Gasteiger partial charge in [-0.25, -0.2) is 0 Å². The molecule has 0 aromatic rings. The van der Waals surface area contributed by atoms with Crippen molar-refractivity contribution in [1.29, 1.82) is 0 Å². The number of carbonyl (C=O) groups is 2. The Morgan fingerprint density at radius 1 is 0.947 bits per heavy atom. The first-order valence-electron chi connectivity index (χ1n) is 6.96. The number of carbonyl (C=O) groups excluding carboxylic acids is 2. The van der Waals surface area contributed by atoms with Crippen LogP contribution in [0.1, 0.15) is 54.4 Å². The van der Waals surface area contributed by atoms with Gasteiger partial charge in [-0.2, -0.15) is 0 Å². The van der Waals surface area contributed by atoms with E-state index in [9.17, 15) is 9.59 Å². The highest BCUT2D eigenvalue weighted by molar-refractivity contribution is 5.66. The molecular formula is C15H28O4. The Hall–Kier alpha value is -1.06. The summed E-state index contributed by atoms with van der Waals surface area (Å²) in [5, 5.41) is 0. The summed E-state index contributed by atoms with van der Waals surface area (Å²) in [7, 11) is 0. The van der Waals surface area contributed by atoms with Crippen molar-refractivity contribution in [2.45, 2.75) is 54.4 Å². The predicted molar refractivity (Wildman–Crippen MR) is 74.6 cm³/mol. The molecule has 0 N–H and O–H groups in total. The summed E-state index contributed by atoms with van der Waals surface area (Å²) < 4.78 is 10.4. The molecule has 0 aliphatic heterocycles. The molecule has 0 radical (unpaired) electrons. The van der Waals surface area contributed by atoms with Gasteiger partial charge in [-0.15, -0.1) is 0 Å². The standard InChI is InChI=1S/C15H28O4/c1-11(2)7-8-15(12(3)4,9-18-13(5)16)10-19-14(6)17/h11-12H,7-10H2,1-6H3. The summed E-state index contributed by atoms with van der Waals surface area (Å²) in [5.74, 6) is 0.243. The van der Waals surface area contributed by atoms with E-state index in [1.807, 2.05) is 0 Å². The molecule has 0 heterocycles. The van der Waals surface area contributed by atoms with E-state index in [4.69, 9.17) is 9.47 Å². The van der Waals surface area contributed by atoms with Gasteiger partial charge >= 0.3 is 11.9 Å². The van der Waals surface area contributed by atoms with Crippen LogP contribution in [0.25, 0.3) is 0 Å². The quantitative estimate of drug-likeness (QED) is 0.637. The second kappa shape index (κ2) is 8.18. The number of hydrogen-bond acceptors (Lipinski definition) is 4. The number of rotatable bonds is 8. The van der Waals surface area contributed by atoms with Crippen LogP contribution in [0, 0.1) is 17.3 Å². The molecule has 0 atom stereocenters. The van der Waals surface area contributed by atoms with Crippen molar-refractivity contribution in [2.24, 2.45) is 17.3 Å². The lowest BCUT2D eigenvalue weighted by atomic mass is 9.74. The molecule has 0 aromatic carbocycles. The fourth-order valence-corrected chi connectivity index (χ4v) is 1.87. The van der Waals surface area contributed by atoms with Crippen molar-refractivity contribution in [3.05, 3.63) is 0 Å². The van der Waals surface area contributed by atoms with Crippen molar-refractivity contribution in [1.82, 2.24) is 0 Å². The first-order chi connectivity index (χ1) is 8.69. The minimum atomic E-state index is -0.294. The van der Waals surface area contributed by atoms with Crippen molar-refractivity contribution >= 4 is 11.9 Å². The van der Waals surface area contributed by atoms with E-state index in [0.29, 0.717) is 19.1 Å². The van der Waals surface area contributed by atoms with Crippen molar-refractivity contribution in [3.8, 4) is 0 Å². The molecule has 19 heavy (non-hydrogen) atoms. The van der Waals surface area contributed by atoms with Gasteiger partial charge in [-0.1, -0.05) is 34.1 Å². The van der Waals surface area contributed by atoms with Crippen LogP contribution in [0.5, 0.6) is 0 Å².